The van der Waals surface area contributed by atoms with Crippen molar-refractivity contribution in [3.8, 4) is 0 Å². The molecule has 2 heterocycles. The quantitative estimate of drug-likeness (QED) is 0.597. The predicted octanol–water partition coefficient (Wildman–Crippen LogP) is 0.682. The molecule has 0 aromatic carbocycles. The van der Waals surface area contributed by atoms with E-state index in [1.54, 1.807) is 7.11 Å². The van der Waals surface area contributed by atoms with Crippen LogP contribution < -0.4 is 11.3 Å². The van der Waals surface area contributed by atoms with Crippen molar-refractivity contribution in [2.45, 2.75) is 19.4 Å². The van der Waals surface area contributed by atoms with E-state index in [9.17, 15) is 0 Å². The van der Waals surface area contributed by atoms with Crippen molar-refractivity contribution in [1.29, 1.82) is 0 Å². The fourth-order valence-corrected chi connectivity index (χ4v) is 2.66. The number of hydrogen-bond donors (Lipinski definition) is 2. The Labute approximate surface area is 105 Å². The van der Waals surface area contributed by atoms with E-state index in [0.29, 0.717) is 5.92 Å². The van der Waals surface area contributed by atoms with E-state index in [1.165, 1.54) is 24.4 Å². The second kappa shape index (κ2) is 6.25. The molecule has 1 aliphatic rings. The lowest BCUT2D eigenvalue weighted by Crippen LogP contribution is -2.34. The Kier molecular flexibility index (Phi) is 4.66. The molecule has 1 saturated heterocycles. The Hall–Kier alpha value is -0.760. The molecule has 0 saturated carbocycles. The summed E-state index contributed by atoms with van der Waals surface area (Å²) in [5, 5.41) is 4.96. The molecule has 1 aliphatic heterocycles. The van der Waals surface area contributed by atoms with Gasteiger partial charge in [0.2, 0.25) is 0 Å². The highest BCUT2D eigenvalue weighted by Gasteiger charge is 2.20. The fraction of sp³-hybridized carbons (Fsp3) is 0.800. The molecule has 0 amide bonds. The second-order valence-electron chi connectivity index (χ2n) is 4.37. The van der Waals surface area contributed by atoms with E-state index in [-0.39, 0.29) is 0 Å². The van der Waals surface area contributed by atoms with Gasteiger partial charge in [0.25, 0.3) is 0 Å². The monoisotopic (exact) mass is 257 g/mol. The minimum atomic E-state index is 0.705. The normalized spacial score (nSPS) is 18.5. The zero-order valence-electron chi connectivity index (χ0n) is 10.1. The lowest BCUT2D eigenvalue weighted by molar-refractivity contribution is 0.0964. The summed E-state index contributed by atoms with van der Waals surface area (Å²) in [6.07, 6.45) is 2.38. The van der Waals surface area contributed by atoms with Crippen molar-refractivity contribution in [2.24, 2.45) is 11.8 Å². The number of likely N-dealkylation sites (tertiary alicyclic amines) is 1. The van der Waals surface area contributed by atoms with Crippen LogP contribution in [0.3, 0.4) is 0 Å². The Morgan fingerprint density at radius 3 is 2.94 bits per heavy atom. The maximum atomic E-state index is 5.41. The molecule has 0 atom stereocenters. The SMILES string of the molecule is COCC1CCN(Cc2nnsc2NN)CC1. The second-order valence-corrected chi connectivity index (χ2v) is 5.12. The minimum Gasteiger partial charge on any atom is -0.384 e. The van der Waals surface area contributed by atoms with Gasteiger partial charge in [-0.25, -0.2) is 5.84 Å². The summed E-state index contributed by atoms with van der Waals surface area (Å²) in [6.45, 7) is 3.89. The number of piperidine rings is 1. The summed E-state index contributed by atoms with van der Waals surface area (Å²) in [4.78, 5) is 2.39. The van der Waals surface area contributed by atoms with Crippen molar-refractivity contribution in [3.63, 3.8) is 0 Å². The summed E-state index contributed by atoms with van der Waals surface area (Å²) in [7, 11) is 1.77. The van der Waals surface area contributed by atoms with Gasteiger partial charge in [0, 0.05) is 31.8 Å². The number of hydrazine groups is 1. The van der Waals surface area contributed by atoms with Gasteiger partial charge in [-0.15, -0.1) is 5.10 Å². The third-order valence-corrected chi connectivity index (χ3v) is 3.87. The third kappa shape index (κ3) is 3.35. The Morgan fingerprint density at radius 2 is 2.29 bits per heavy atom. The van der Waals surface area contributed by atoms with Crippen molar-refractivity contribution in [1.82, 2.24) is 14.5 Å². The first-order valence-corrected chi connectivity index (χ1v) is 6.60. The molecular formula is C10H19N5OS. The molecule has 0 bridgehead atoms. The van der Waals surface area contributed by atoms with Crippen LogP contribution in [0.4, 0.5) is 5.00 Å². The fourth-order valence-electron chi connectivity index (χ4n) is 2.18. The Balaban J connectivity index is 1.82. The standard InChI is InChI=1S/C10H19N5OS/c1-16-7-8-2-4-15(5-3-8)6-9-10(12-11)17-14-13-9/h8,12H,2-7,11H2,1H3. The number of nitrogens with zero attached hydrogens (tertiary/aromatic N) is 3. The van der Waals surface area contributed by atoms with Gasteiger partial charge in [-0.2, -0.15) is 0 Å². The lowest BCUT2D eigenvalue weighted by atomic mass is 9.98. The summed E-state index contributed by atoms with van der Waals surface area (Å²) in [6, 6.07) is 0. The largest absolute Gasteiger partial charge is 0.384 e. The topological polar surface area (TPSA) is 76.3 Å². The molecule has 0 spiro atoms. The number of methoxy groups -OCH3 is 1. The number of nitrogens with one attached hydrogen (secondary N) is 1. The van der Waals surface area contributed by atoms with E-state index in [4.69, 9.17) is 10.6 Å². The third-order valence-electron chi connectivity index (χ3n) is 3.17. The highest BCUT2D eigenvalue weighted by atomic mass is 32.1. The Morgan fingerprint density at radius 1 is 1.53 bits per heavy atom. The highest BCUT2D eigenvalue weighted by molar-refractivity contribution is 7.10. The number of nitrogen functional groups attached to an aromatic ring is 1. The van der Waals surface area contributed by atoms with Gasteiger partial charge in [-0.3, -0.25) is 4.90 Å². The number of nitrogens with two attached hydrogens (primary N) is 1. The van der Waals surface area contributed by atoms with E-state index >= 15 is 0 Å². The molecule has 17 heavy (non-hydrogen) atoms. The maximum absolute atomic E-state index is 5.41. The molecule has 0 aliphatic carbocycles. The summed E-state index contributed by atoms with van der Waals surface area (Å²) in [5.41, 5.74) is 3.59. The molecule has 1 aromatic rings. The molecule has 7 heteroatoms. The molecule has 1 fully saturated rings. The smallest absolute Gasteiger partial charge is 0.148 e. The molecule has 0 unspecified atom stereocenters. The summed E-state index contributed by atoms with van der Waals surface area (Å²) < 4.78 is 9.10. The van der Waals surface area contributed by atoms with Crippen molar-refractivity contribution in [2.75, 3.05) is 32.2 Å². The first kappa shape index (κ1) is 12.7. The van der Waals surface area contributed by atoms with Gasteiger partial charge in [0.15, 0.2) is 0 Å². The van der Waals surface area contributed by atoms with Gasteiger partial charge in [-0.1, -0.05) is 4.49 Å². The molecule has 6 nitrogen and oxygen atoms in total. The average Bonchev–Trinajstić information content (AvgIpc) is 2.79. The van der Waals surface area contributed by atoms with E-state index < -0.39 is 0 Å². The molecular weight excluding hydrogens is 238 g/mol. The van der Waals surface area contributed by atoms with Gasteiger partial charge < -0.3 is 10.2 Å². The maximum Gasteiger partial charge on any atom is 0.148 e. The average molecular weight is 257 g/mol. The van der Waals surface area contributed by atoms with Gasteiger partial charge >= 0.3 is 0 Å². The van der Waals surface area contributed by atoms with Gasteiger partial charge in [0.1, 0.15) is 10.7 Å². The summed E-state index contributed by atoms with van der Waals surface area (Å²) >= 11 is 1.30. The Bertz CT molecular complexity index is 337. The molecule has 3 N–H and O–H groups in total. The number of ether oxygens (including phenoxy) is 1. The van der Waals surface area contributed by atoms with Crippen molar-refractivity contribution < 1.29 is 4.74 Å². The summed E-state index contributed by atoms with van der Waals surface area (Å²) in [5.74, 6) is 6.11. The van der Waals surface area contributed by atoms with Crippen LogP contribution in [0.5, 0.6) is 0 Å². The number of aromatic nitrogens is 2. The zero-order valence-corrected chi connectivity index (χ0v) is 10.9. The van der Waals surface area contributed by atoms with Crippen LogP contribution >= 0.6 is 11.5 Å². The van der Waals surface area contributed by atoms with E-state index in [1.807, 2.05) is 0 Å². The van der Waals surface area contributed by atoms with Crippen LogP contribution in [0, 0.1) is 5.92 Å². The first-order valence-electron chi connectivity index (χ1n) is 5.82. The van der Waals surface area contributed by atoms with Gasteiger partial charge in [0.05, 0.1) is 0 Å². The number of hydrogen-bond acceptors (Lipinski definition) is 7. The lowest BCUT2D eigenvalue weighted by Gasteiger charge is -2.31. The molecule has 0 radical (unpaired) electrons. The van der Waals surface area contributed by atoms with E-state index in [2.05, 4.69) is 19.9 Å². The minimum absolute atomic E-state index is 0.705. The molecule has 1 aromatic heterocycles. The van der Waals surface area contributed by atoms with Crippen molar-refractivity contribution >= 4 is 16.5 Å². The van der Waals surface area contributed by atoms with Crippen molar-refractivity contribution in [3.05, 3.63) is 5.69 Å². The van der Waals surface area contributed by atoms with Crippen LogP contribution in [-0.2, 0) is 11.3 Å². The number of rotatable bonds is 5. The first-order chi connectivity index (χ1) is 8.33. The van der Waals surface area contributed by atoms with Crippen LogP contribution in [0.15, 0.2) is 0 Å². The van der Waals surface area contributed by atoms with Crippen LogP contribution in [0.1, 0.15) is 18.5 Å². The zero-order chi connectivity index (χ0) is 12.1. The van der Waals surface area contributed by atoms with Gasteiger partial charge in [-0.05, 0) is 31.8 Å². The number of anilines is 1. The van der Waals surface area contributed by atoms with Crippen LogP contribution in [-0.4, -0.2) is 41.3 Å². The van der Waals surface area contributed by atoms with Crippen LogP contribution in [0.25, 0.3) is 0 Å². The van der Waals surface area contributed by atoms with E-state index in [0.717, 1.165) is 36.9 Å². The molecule has 2 rings (SSSR count). The predicted molar refractivity (Wildman–Crippen MR) is 67.6 cm³/mol. The molecule has 96 valence electrons. The highest BCUT2D eigenvalue weighted by Crippen LogP contribution is 2.22. The van der Waals surface area contributed by atoms with Crippen LogP contribution in [0.2, 0.25) is 0 Å².